The lowest BCUT2D eigenvalue weighted by atomic mass is 9.86. The van der Waals surface area contributed by atoms with Gasteiger partial charge in [0, 0.05) is 6.04 Å². The van der Waals surface area contributed by atoms with E-state index in [2.05, 4.69) is 19.2 Å². The number of carbonyl (C=O) groups is 1. The molecule has 0 aliphatic heterocycles. The first kappa shape index (κ1) is 12.9. The maximum absolute atomic E-state index is 11.1. The van der Waals surface area contributed by atoms with Crippen LogP contribution in [0.15, 0.2) is 0 Å². The Labute approximate surface area is 104 Å². The van der Waals surface area contributed by atoms with Gasteiger partial charge in [-0.1, -0.05) is 26.7 Å². The zero-order valence-electron chi connectivity index (χ0n) is 11.0. The molecule has 0 radical (unpaired) electrons. The summed E-state index contributed by atoms with van der Waals surface area (Å²) in [4.78, 5) is 11.1. The first-order valence-corrected chi connectivity index (χ1v) is 6.97. The van der Waals surface area contributed by atoms with Gasteiger partial charge >= 0.3 is 5.97 Å². The average molecular weight is 239 g/mol. The highest BCUT2D eigenvalue weighted by Gasteiger charge is 2.37. The van der Waals surface area contributed by atoms with Crippen molar-refractivity contribution in [3.05, 3.63) is 0 Å². The molecule has 0 aromatic heterocycles. The number of hydrogen-bond donors (Lipinski definition) is 2. The molecule has 3 unspecified atom stereocenters. The lowest BCUT2D eigenvalue weighted by Gasteiger charge is -2.29. The minimum absolute atomic E-state index is 0.105. The standard InChI is InChI=1S/C14H25NO2/c1-14(2)8-4-7-12(14)15-9-10-5-3-6-11(10)13(16)17/h10-12,15H,3-9H2,1-2H3,(H,16,17). The van der Waals surface area contributed by atoms with Crippen LogP contribution < -0.4 is 5.32 Å². The maximum atomic E-state index is 11.1. The van der Waals surface area contributed by atoms with E-state index in [1.807, 2.05) is 0 Å². The van der Waals surface area contributed by atoms with Crippen molar-refractivity contribution in [2.75, 3.05) is 6.54 Å². The molecule has 0 saturated heterocycles. The quantitative estimate of drug-likeness (QED) is 0.793. The summed E-state index contributed by atoms with van der Waals surface area (Å²) in [5, 5.41) is 12.8. The molecule has 0 aromatic carbocycles. The smallest absolute Gasteiger partial charge is 0.306 e. The predicted molar refractivity (Wildman–Crippen MR) is 67.9 cm³/mol. The third-order valence-electron chi connectivity index (χ3n) is 4.86. The van der Waals surface area contributed by atoms with Crippen LogP contribution in [0.5, 0.6) is 0 Å². The molecular formula is C14H25NO2. The molecule has 3 atom stereocenters. The van der Waals surface area contributed by atoms with E-state index in [9.17, 15) is 4.79 Å². The lowest BCUT2D eigenvalue weighted by molar-refractivity contribution is -0.142. The minimum atomic E-state index is -0.597. The Bertz CT molecular complexity index is 288. The zero-order valence-corrected chi connectivity index (χ0v) is 11.0. The zero-order chi connectivity index (χ0) is 12.5. The van der Waals surface area contributed by atoms with Crippen molar-refractivity contribution >= 4 is 5.97 Å². The molecule has 0 spiro atoms. The van der Waals surface area contributed by atoms with Gasteiger partial charge in [-0.2, -0.15) is 0 Å². The van der Waals surface area contributed by atoms with Gasteiger partial charge in [0.15, 0.2) is 0 Å². The Morgan fingerprint density at radius 3 is 2.65 bits per heavy atom. The molecule has 2 rings (SSSR count). The summed E-state index contributed by atoms with van der Waals surface area (Å²) in [6.45, 7) is 5.53. The highest BCUT2D eigenvalue weighted by atomic mass is 16.4. The van der Waals surface area contributed by atoms with Gasteiger partial charge in [0.1, 0.15) is 0 Å². The van der Waals surface area contributed by atoms with Gasteiger partial charge in [-0.05, 0) is 43.6 Å². The number of nitrogens with one attached hydrogen (secondary N) is 1. The monoisotopic (exact) mass is 239 g/mol. The van der Waals surface area contributed by atoms with Crippen molar-refractivity contribution in [2.45, 2.75) is 58.4 Å². The van der Waals surface area contributed by atoms with Gasteiger partial charge in [0.25, 0.3) is 0 Å². The first-order chi connectivity index (χ1) is 8.00. The maximum Gasteiger partial charge on any atom is 0.306 e. The van der Waals surface area contributed by atoms with Gasteiger partial charge in [-0.25, -0.2) is 0 Å². The second kappa shape index (κ2) is 4.97. The summed E-state index contributed by atoms with van der Waals surface area (Å²) in [7, 11) is 0. The molecule has 0 aromatic rings. The second-order valence-corrected chi connectivity index (χ2v) is 6.48. The molecule has 2 fully saturated rings. The molecule has 3 heteroatoms. The van der Waals surface area contributed by atoms with Gasteiger partial charge < -0.3 is 10.4 Å². The van der Waals surface area contributed by atoms with Crippen LogP contribution in [0.2, 0.25) is 0 Å². The van der Waals surface area contributed by atoms with Crippen LogP contribution in [0.1, 0.15) is 52.4 Å². The van der Waals surface area contributed by atoms with E-state index in [1.54, 1.807) is 0 Å². The molecule has 2 saturated carbocycles. The van der Waals surface area contributed by atoms with Crippen LogP contribution in [0, 0.1) is 17.3 Å². The minimum Gasteiger partial charge on any atom is -0.481 e. The van der Waals surface area contributed by atoms with E-state index in [4.69, 9.17) is 5.11 Å². The fourth-order valence-electron chi connectivity index (χ4n) is 3.61. The Kier molecular flexibility index (Phi) is 3.76. The average Bonchev–Trinajstić information content (AvgIpc) is 2.81. The SMILES string of the molecule is CC1(C)CCCC1NCC1CCCC1C(=O)O. The third kappa shape index (κ3) is 2.82. The molecule has 17 heavy (non-hydrogen) atoms. The van der Waals surface area contributed by atoms with Crippen molar-refractivity contribution in [3.63, 3.8) is 0 Å². The molecule has 0 bridgehead atoms. The fourth-order valence-corrected chi connectivity index (χ4v) is 3.61. The van der Waals surface area contributed by atoms with Crippen LogP contribution in [-0.2, 0) is 4.79 Å². The molecule has 3 nitrogen and oxygen atoms in total. The summed E-state index contributed by atoms with van der Waals surface area (Å²) in [6.07, 6.45) is 6.87. The first-order valence-electron chi connectivity index (χ1n) is 6.97. The summed E-state index contributed by atoms with van der Waals surface area (Å²) in [6, 6.07) is 0.581. The molecule has 0 heterocycles. The summed E-state index contributed by atoms with van der Waals surface area (Å²) in [5.74, 6) is -0.351. The number of carboxylic acids is 1. The number of aliphatic carboxylic acids is 1. The Balaban J connectivity index is 1.84. The van der Waals surface area contributed by atoms with Gasteiger partial charge in [-0.3, -0.25) is 4.79 Å². The van der Waals surface area contributed by atoms with Crippen LogP contribution in [0.3, 0.4) is 0 Å². The van der Waals surface area contributed by atoms with E-state index >= 15 is 0 Å². The number of carboxylic acid groups (broad SMARTS) is 1. The predicted octanol–water partition coefficient (Wildman–Crippen LogP) is 2.66. The molecular weight excluding hydrogens is 214 g/mol. The van der Waals surface area contributed by atoms with E-state index in [1.165, 1.54) is 19.3 Å². The van der Waals surface area contributed by atoms with Crippen molar-refractivity contribution in [2.24, 2.45) is 17.3 Å². The molecule has 2 N–H and O–H groups in total. The number of rotatable bonds is 4. The van der Waals surface area contributed by atoms with Crippen molar-refractivity contribution < 1.29 is 9.90 Å². The van der Waals surface area contributed by atoms with E-state index in [-0.39, 0.29) is 5.92 Å². The third-order valence-corrected chi connectivity index (χ3v) is 4.86. The van der Waals surface area contributed by atoms with E-state index in [0.717, 1.165) is 25.8 Å². The number of hydrogen-bond acceptors (Lipinski definition) is 2. The molecule has 2 aliphatic carbocycles. The highest BCUT2D eigenvalue weighted by Crippen LogP contribution is 2.38. The Morgan fingerprint density at radius 2 is 2.06 bits per heavy atom. The van der Waals surface area contributed by atoms with Crippen molar-refractivity contribution in [1.29, 1.82) is 0 Å². The summed E-state index contributed by atoms with van der Waals surface area (Å²) in [5.41, 5.74) is 0.386. The van der Waals surface area contributed by atoms with Crippen molar-refractivity contribution in [1.82, 2.24) is 5.32 Å². The van der Waals surface area contributed by atoms with E-state index in [0.29, 0.717) is 17.4 Å². The Morgan fingerprint density at radius 1 is 1.29 bits per heavy atom. The summed E-state index contributed by atoms with van der Waals surface area (Å²) >= 11 is 0. The topological polar surface area (TPSA) is 49.3 Å². The van der Waals surface area contributed by atoms with Crippen LogP contribution in [-0.4, -0.2) is 23.7 Å². The van der Waals surface area contributed by atoms with Crippen LogP contribution in [0.25, 0.3) is 0 Å². The largest absolute Gasteiger partial charge is 0.481 e. The second-order valence-electron chi connectivity index (χ2n) is 6.48. The summed E-state index contributed by atoms with van der Waals surface area (Å²) < 4.78 is 0. The van der Waals surface area contributed by atoms with Crippen LogP contribution in [0.4, 0.5) is 0 Å². The molecule has 2 aliphatic rings. The van der Waals surface area contributed by atoms with Crippen LogP contribution >= 0.6 is 0 Å². The molecule has 98 valence electrons. The lowest BCUT2D eigenvalue weighted by Crippen LogP contribution is -2.41. The Hall–Kier alpha value is -0.570. The van der Waals surface area contributed by atoms with E-state index < -0.39 is 5.97 Å². The normalized spacial score (nSPS) is 36.2. The van der Waals surface area contributed by atoms with Gasteiger partial charge in [0.05, 0.1) is 5.92 Å². The molecule has 0 amide bonds. The van der Waals surface area contributed by atoms with Gasteiger partial charge in [0.2, 0.25) is 0 Å². The highest BCUT2D eigenvalue weighted by molar-refractivity contribution is 5.70. The fraction of sp³-hybridized carbons (Fsp3) is 0.929. The van der Waals surface area contributed by atoms with Gasteiger partial charge in [-0.15, -0.1) is 0 Å². The van der Waals surface area contributed by atoms with Crippen molar-refractivity contribution in [3.8, 4) is 0 Å².